The van der Waals surface area contributed by atoms with Gasteiger partial charge < -0.3 is 15.0 Å². The van der Waals surface area contributed by atoms with Gasteiger partial charge in [-0.1, -0.05) is 13.0 Å². The summed E-state index contributed by atoms with van der Waals surface area (Å²) in [7, 11) is 1.83. The third kappa shape index (κ3) is 4.04. The first-order valence-corrected chi connectivity index (χ1v) is 9.77. The number of nitrogens with one attached hydrogen (secondary N) is 2. The van der Waals surface area contributed by atoms with Gasteiger partial charge >= 0.3 is 0 Å². The van der Waals surface area contributed by atoms with Gasteiger partial charge in [-0.2, -0.15) is 11.8 Å². The van der Waals surface area contributed by atoms with Crippen LogP contribution in [-0.2, 0) is 6.54 Å². The van der Waals surface area contributed by atoms with Crippen molar-refractivity contribution < 1.29 is 0 Å². The fraction of sp³-hybridized carbons (Fsp3) is 0.556. The third-order valence-corrected chi connectivity index (χ3v) is 5.77. The number of aliphatic imine (C=N–C) groups is 1. The van der Waals surface area contributed by atoms with Gasteiger partial charge in [0.2, 0.25) is 0 Å². The molecule has 0 spiro atoms. The minimum absolute atomic E-state index is 0.531. The Bertz CT molecular complexity index is 708. The number of nitrogens with zero attached hydrogens (tertiary/aromatic N) is 3. The molecule has 0 aliphatic heterocycles. The van der Waals surface area contributed by atoms with Crippen LogP contribution in [0, 0.1) is 6.92 Å². The Morgan fingerprint density at radius 2 is 2.29 bits per heavy atom. The van der Waals surface area contributed by atoms with Crippen LogP contribution in [-0.4, -0.2) is 39.4 Å². The maximum absolute atomic E-state index is 4.66. The van der Waals surface area contributed by atoms with E-state index in [4.69, 9.17) is 0 Å². The van der Waals surface area contributed by atoms with E-state index in [9.17, 15) is 0 Å². The molecule has 130 valence electrons. The van der Waals surface area contributed by atoms with E-state index in [2.05, 4.69) is 62.9 Å². The minimum Gasteiger partial charge on any atom is -0.354 e. The Balaban J connectivity index is 1.55. The predicted molar refractivity (Wildman–Crippen MR) is 103 cm³/mol. The summed E-state index contributed by atoms with van der Waals surface area (Å²) in [6.45, 7) is 5.01. The number of aryl methyl sites for hydroxylation is 1. The second kappa shape index (κ2) is 7.92. The number of fused-ring (bicyclic) bond motifs is 1. The summed E-state index contributed by atoms with van der Waals surface area (Å²) in [5.74, 6) is 2.08. The molecule has 5 nitrogen and oxygen atoms in total. The third-order valence-electron chi connectivity index (χ3n) is 4.53. The van der Waals surface area contributed by atoms with E-state index in [1.54, 1.807) is 0 Å². The van der Waals surface area contributed by atoms with Crippen molar-refractivity contribution in [2.45, 2.75) is 50.9 Å². The first-order valence-electron chi connectivity index (χ1n) is 8.72. The van der Waals surface area contributed by atoms with Crippen LogP contribution in [0.4, 0.5) is 0 Å². The lowest BCUT2D eigenvalue weighted by Crippen LogP contribution is -2.42. The van der Waals surface area contributed by atoms with E-state index in [1.807, 2.05) is 19.2 Å². The Hall–Kier alpha value is -1.69. The molecule has 2 aromatic heterocycles. The van der Waals surface area contributed by atoms with Crippen LogP contribution >= 0.6 is 11.8 Å². The second-order valence-corrected chi connectivity index (χ2v) is 7.86. The van der Waals surface area contributed by atoms with E-state index >= 15 is 0 Å². The normalized spacial score (nSPS) is 21.4. The zero-order chi connectivity index (χ0) is 16.9. The molecule has 24 heavy (non-hydrogen) atoms. The molecule has 2 unspecified atom stereocenters. The van der Waals surface area contributed by atoms with Crippen molar-refractivity contribution >= 4 is 23.4 Å². The molecule has 2 atom stereocenters. The maximum atomic E-state index is 4.66. The number of thioether (sulfide) groups is 1. The van der Waals surface area contributed by atoms with E-state index in [-0.39, 0.29) is 0 Å². The van der Waals surface area contributed by atoms with Crippen molar-refractivity contribution in [3.8, 4) is 0 Å². The predicted octanol–water partition coefficient (Wildman–Crippen LogP) is 2.98. The smallest absolute Gasteiger partial charge is 0.191 e. The molecule has 0 aromatic carbocycles. The van der Waals surface area contributed by atoms with Crippen molar-refractivity contribution in [2.75, 3.05) is 12.8 Å². The zero-order valence-corrected chi connectivity index (χ0v) is 15.6. The molecule has 3 rings (SSSR count). The molecule has 1 saturated carbocycles. The first kappa shape index (κ1) is 17.1. The summed E-state index contributed by atoms with van der Waals surface area (Å²) < 4.78 is 2.12. The lowest BCUT2D eigenvalue weighted by molar-refractivity contribution is 0.614. The topological polar surface area (TPSA) is 53.7 Å². The molecular formula is C18H27N5S. The van der Waals surface area contributed by atoms with Gasteiger partial charge in [-0.25, -0.2) is 4.98 Å². The lowest BCUT2D eigenvalue weighted by Gasteiger charge is -2.17. The highest BCUT2D eigenvalue weighted by molar-refractivity contribution is 7.99. The van der Waals surface area contributed by atoms with Gasteiger partial charge in [-0.3, -0.25) is 4.99 Å². The summed E-state index contributed by atoms with van der Waals surface area (Å²) in [5.41, 5.74) is 3.21. The fourth-order valence-electron chi connectivity index (χ4n) is 3.30. The van der Waals surface area contributed by atoms with Gasteiger partial charge in [0.25, 0.3) is 0 Å². The monoisotopic (exact) mass is 345 g/mol. The molecule has 2 N–H and O–H groups in total. The molecular weight excluding hydrogens is 318 g/mol. The lowest BCUT2D eigenvalue weighted by atomic mass is 10.2. The molecule has 2 heterocycles. The van der Waals surface area contributed by atoms with Crippen molar-refractivity contribution in [3.63, 3.8) is 0 Å². The molecule has 6 heteroatoms. The highest BCUT2D eigenvalue weighted by atomic mass is 32.2. The average Bonchev–Trinajstić information content (AvgIpc) is 3.19. The van der Waals surface area contributed by atoms with Gasteiger partial charge in [-0.05, 0) is 44.1 Å². The number of hydrogen-bond acceptors (Lipinski definition) is 3. The van der Waals surface area contributed by atoms with E-state index in [1.165, 1.54) is 30.7 Å². The van der Waals surface area contributed by atoms with Crippen LogP contribution in [0.15, 0.2) is 29.4 Å². The second-order valence-electron chi connectivity index (χ2n) is 6.29. The molecule has 0 amide bonds. The number of guanidine groups is 1. The van der Waals surface area contributed by atoms with Gasteiger partial charge in [0.15, 0.2) is 5.96 Å². The van der Waals surface area contributed by atoms with Crippen molar-refractivity contribution in [2.24, 2.45) is 4.99 Å². The summed E-state index contributed by atoms with van der Waals surface area (Å²) in [6, 6.07) is 6.70. The molecule has 0 saturated heterocycles. The highest BCUT2D eigenvalue weighted by Gasteiger charge is 2.25. The van der Waals surface area contributed by atoms with Gasteiger partial charge in [0, 0.05) is 30.2 Å². The van der Waals surface area contributed by atoms with Crippen LogP contribution in [0.25, 0.3) is 5.65 Å². The highest BCUT2D eigenvalue weighted by Crippen LogP contribution is 2.29. The van der Waals surface area contributed by atoms with Crippen LogP contribution < -0.4 is 10.6 Å². The van der Waals surface area contributed by atoms with Crippen molar-refractivity contribution in [1.29, 1.82) is 0 Å². The van der Waals surface area contributed by atoms with E-state index in [0.717, 1.165) is 22.6 Å². The number of pyridine rings is 1. The molecule has 1 fully saturated rings. The number of imidazole rings is 1. The number of aromatic nitrogens is 2. The SMILES string of the molecule is CCSC1CCC(NC(=NC)NCc2cn3c(C)cccc3n2)C1. The van der Waals surface area contributed by atoms with Crippen LogP contribution in [0.3, 0.4) is 0 Å². The van der Waals surface area contributed by atoms with E-state index in [0.29, 0.717) is 12.6 Å². The van der Waals surface area contributed by atoms with E-state index < -0.39 is 0 Å². The molecule has 1 aliphatic rings. The van der Waals surface area contributed by atoms with Gasteiger partial charge in [0.1, 0.15) is 5.65 Å². The molecule has 0 bridgehead atoms. The number of hydrogen-bond donors (Lipinski definition) is 2. The largest absolute Gasteiger partial charge is 0.354 e. The van der Waals surface area contributed by atoms with Gasteiger partial charge in [-0.15, -0.1) is 0 Å². The molecule has 0 radical (unpaired) electrons. The first-order chi connectivity index (χ1) is 11.7. The average molecular weight is 346 g/mol. The van der Waals surface area contributed by atoms with Crippen LogP contribution in [0.2, 0.25) is 0 Å². The summed E-state index contributed by atoms with van der Waals surface area (Å²) in [6.07, 6.45) is 5.85. The Morgan fingerprint density at radius 1 is 1.42 bits per heavy atom. The summed E-state index contributed by atoms with van der Waals surface area (Å²) in [5, 5.41) is 7.75. The van der Waals surface area contributed by atoms with Crippen LogP contribution in [0.5, 0.6) is 0 Å². The summed E-state index contributed by atoms with van der Waals surface area (Å²) in [4.78, 5) is 9.02. The number of rotatable bonds is 5. The quantitative estimate of drug-likeness (QED) is 0.646. The summed E-state index contributed by atoms with van der Waals surface area (Å²) >= 11 is 2.08. The standard InChI is InChI=1S/C18H27N5S/c1-4-24-16-9-8-14(10-16)22-18(19-3)20-11-15-12-23-13(2)6-5-7-17(23)21-15/h5-7,12,14,16H,4,8-11H2,1-3H3,(H2,19,20,22). The fourth-order valence-corrected chi connectivity index (χ4v) is 4.45. The van der Waals surface area contributed by atoms with Crippen LogP contribution in [0.1, 0.15) is 37.6 Å². The van der Waals surface area contributed by atoms with Crippen molar-refractivity contribution in [3.05, 3.63) is 35.8 Å². The van der Waals surface area contributed by atoms with Gasteiger partial charge in [0.05, 0.1) is 12.2 Å². The molecule has 1 aliphatic carbocycles. The maximum Gasteiger partial charge on any atom is 0.191 e. The molecule has 2 aromatic rings. The Labute approximate surface area is 148 Å². The Morgan fingerprint density at radius 3 is 3.04 bits per heavy atom. The Kier molecular flexibility index (Phi) is 5.66. The van der Waals surface area contributed by atoms with Crippen molar-refractivity contribution in [1.82, 2.24) is 20.0 Å². The minimum atomic E-state index is 0.531. The zero-order valence-electron chi connectivity index (χ0n) is 14.7.